The minimum Gasteiger partial charge on any atom is -0.431 e. The summed E-state index contributed by atoms with van der Waals surface area (Å²) < 4.78 is 18.7. The van der Waals surface area contributed by atoms with Gasteiger partial charge < -0.3 is 20.4 Å². The number of imide groups is 1. The van der Waals surface area contributed by atoms with E-state index in [0.717, 1.165) is 0 Å². The number of nitrogens with one attached hydrogen (secondary N) is 4. The van der Waals surface area contributed by atoms with Crippen molar-refractivity contribution in [1.29, 1.82) is 0 Å². The van der Waals surface area contributed by atoms with Crippen molar-refractivity contribution in [2.45, 2.75) is 6.10 Å². The Balaban J connectivity index is 1.59. The van der Waals surface area contributed by atoms with Crippen molar-refractivity contribution in [2.75, 3.05) is 17.7 Å². The number of cyclic esters (lactones) is 1. The van der Waals surface area contributed by atoms with Crippen LogP contribution in [0.2, 0.25) is 0 Å². The third-order valence-electron chi connectivity index (χ3n) is 4.59. The number of rotatable bonds is 4. The van der Waals surface area contributed by atoms with Crippen LogP contribution in [0.4, 0.5) is 20.6 Å². The summed E-state index contributed by atoms with van der Waals surface area (Å²) in [6, 6.07) is 9.79. The molecule has 152 valence electrons. The number of ether oxygens (including phenoxy) is 1. The Morgan fingerprint density at radius 3 is 2.47 bits per heavy atom. The maximum absolute atomic E-state index is 13.8. The van der Waals surface area contributed by atoms with Crippen LogP contribution in [0.25, 0.3) is 10.9 Å². The van der Waals surface area contributed by atoms with E-state index in [1.54, 1.807) is 7.05 Å². The molecule has 3 amide bonds. The molecule has 0 spiro atoms. The minimum absolute atomic E-state index is 0.191. The molecule has 0 aliphatic carbocycles. The third-order valence-corrected chi connectivity index (χ3v) is 4.59. The highest BCUT2D eigenvalue weighted by Gasteiger charge is 2.33. The van der Waals surface area contributed by atoms with E-state index in [2.05, 4.69) is 15.6 Å². The molecule has 4 N–H and O–H groups in total. The average molecular weight is 410 g/mol. The van der Waals surface area contributed by atoms with Gasteiger partial charge in [0.05, 0.1) is 11.2 Å². The number of benzene rings is 2. The minimum atomic E-state index is -1.05. The Bertz CT molecular complexity index is 1250. The molecule has 2 heterocycles. The molecule has 1 aromatic heterocycles. The molecule has 4 rings (SSSR count). The monoisotopic (exact) mass is 410 g/mol. The van der Waals surface area contributed by atoms with Gasteiger partial charge in [0.25, 0.3) is 17.4 Å². The topological polar surface area (TPSA) is 129 Å². The lowest BCUT2D eigenvalue weighted by Crippen LogP contribution is -2.23. The number of fused-ring (bicyclic) bond motifs is 1. The third kappa shape index (κ3) is 3.46. The molecule has 2 aromatic carbocycles. The van der Waals surface area contributed by atoms with Crippen molar-refractivity contribution in [3.05, 3.63) is 69.8 Å². The molecule has 30 heavy (non-hydrogen) atoms. The predicted molar refractivity (Wildman–Crippen MR) is 106 cm³/mol. The number of hydrogen-bond acceptors (Lipinski definition) is 6. The van der Waals surface area contributed by atoms with Crippen molar-refractivity contribution in [1.82, 2.24) is 10.3 Å². The van der Waals surface area contributed by atoms with Crippen molar-refractivity contribution < 1.29 is 23.5 Å². The quantitative estimate of drug-likeness (QED) is 0.522. The molecule has 1 unspecified atom stereocenters. The van der Waals surface area contributed by atoms with E-state index in [4.69, 9.17) is 4.74 Å². The molecule has 1 saturated heterocycles. The Hall–Kier alpha value is -4.21. The lowest BCUT2D eigenvalue weighted by Gasteiger charge is -2.10. The van der Waals surface area contributed by atoms with Crippen LogP contribution < -0.4 is 21.5 Å². The molecule has 10 heteroatoms. The summed E-state index contributed by atoms with van der Waals surface area (Å²) >= 11 is 0. The molecular formula is C20H15FN4O5. The molecular weight excluding hydrogens is 395 g/mol. The second-order valence-electron chi connectivity index (χ2n) is 6.53. The number of H-pyrrole nitrogens is 1. The highest BCUT2D eigenvalue weighted by Crippen LogP contribution is 2.25. The van der Waals surface area contributed by atoms with Gasteiger partial charge in [-0.05, 0) is 30.3 Å². The molecule has 1 aliphatic rings. The Morgan fingerprint density at radius 1 is 1.10 bits per heavy atom. The Kier molecular flexibility index (Phi) is 4.66. The lowest BCUT2D eigenvalue weighted by molar-refractivity contribution is -0.123. The van der Waals surface area contributed by atoms with Crippen LogP contribution in [-0.2, 0) is 9.53 Å². The first-order chi connectivity index (χ1) is 14.4. The second-order valence-corrected chi connectivity index (χ2v) is 6.53. The molecule has 1 fully saturated rings. The van der Waals surface area contributed by atoms with Crippen LogP contribution in [0.5, 0.6) is 0 Å². The zero-order chi connectivity index (χ0) is 21.4. The van der Waals surface area contributed by atoms with Gasteiger partial charge in [0.2, 0.25) is 6.10 Å². The van der Waals surface area contributed by atoms with Gasteiger partial charge in [0, 0.05) is 23.7 Å². The fourth-order valence-electron chi connectivity index (χ4n) is 3.16. The summed E-state index contributed by atoms with van der Waals surface area (Å²) in [5, 5.41) is 7.74. The number of aromatic amines is 1. The number of hydrogen-bond donors (Lipinski definition) is 4. The van der Waals surface area contributed by atoms with Gasteiger partial charge in [-0.3, -0.25) is 19.7 Å². The van der Waals surface area contributed by atoms with Gasteiger partial charge in [-0.15, -0.1) is 0 Å². The number of aromatic nitrogens is 1. The highest BCUT2D eigenvalue weighted by atomic mass is 19.1. The number of amides is 3. The maximum Gasteiger partial charge on any atom is 0.415 e. The number of halogens is 1. The first-order valence-electron chi connectivity index (χ1n) is 8.83. The number of pyridine rings is 1. The zero-order valence-corrected chi connectivity index (χ0v) is 15.5. The molecule has 9 nitrogen and oxygen atoms in total. The van der Waals surface area contributed by atoms with E-state index in [1.165, 1.54) is 42.5 Å². The maximum atomic E-state index is 13.8. The van der Waals surface area contributed by atoms with Crippen LogP contribution >= 0.6 is 0 Å². The first-order valence-corrected chi connectivity index (χ1v) is 8.83. The van der Waals surface area contributed by atoms with Crippen LogP contribution in [0, 0.1) is 5.82 Å². The van der Waals surface area contributed by atoms with Crippen molar-refractivity contribution >= 4 is 40.2 Å². The van der Waals surface area contributed by atoms with Gasteiger partial charge in [-0.25, -0.2) is 9.18 Å². The van der Waals surface area contributed by atoms with E-state index >= 15 is 0 Å². The number of carbonyl (C=O) groups is 3. The van der Waals surface area contributed by atoms with Gasteiger partial charge in [0.1, 0.15) is 11.4 Å². The average Bonchev–Trinajstić information content (AvgIpc) is 3.05. The molecule has 0 bridgehead atoms. The SMILES string of the molecule is CNc1cc(F)cc2cc(C(=O)Nc3ccc(C4OC(=O)NC4=O)cc3)c(=O)[nH]c12. The normalized spacial score (nSPS) is 15.6. The van der Waals surface area contributed by atoms with E-state index in [0.29, 0.717) is 27.8 Å². The second kappa shape index (κ2) is 7.32. The van der Waals surface area contributed by atoms with Crippen molar-refractivity contribution in [3.8, 4) is 0 Å². The lowest BCUT2D eigenvalue weighted by atomic mass is 10.1. The summed E-state index contributed by atoms with van der Waals surface area (Å²) in [5.74, 6) is -1.78. The number of carbonyl (C=O) groups excluding carboxylic acids is 3. The first kappa shape index (κ1) is 19.1. The molecule has 1 atom stereocenters. The Labute approximate surface area is 168 Å². The summed E-state index contributed by atoms with van der Waals surface area (Å²) in [6.45, 7) is 0. The largest absolute Gasteiger partial charge is 0.431 e. The summed E-state index contributed by atoms with van der Waals surface area (Å²) in [7, 11) is 1.59. The fourth-order valence-corrected chi connectivity index (χ4v) is 3.16. The summed E-state index contributed by atoms with van der Waals surface area (Å²) in [5.41, 5.74) is 0.728. The standard InChI is InChI=1S/C20H15FN4O5/c1-22-14-8-11(21)6-10-7-13(18(27)24-15(10)14)17(26)23-12-4-2-9(3-5-12)16-19(28)25-20(29)30-16/h2-8,16,22H,1H3,(H,23,26)(H,24,27)(H,25,28,29). The molecule has 0 saturated carbocycles. The van der Waals surface area contributed by atoms with E-state index in [1.807, 2.05) is 5.32 Å². The van der Waals surface area contributed by atoms with E-state index in [-0.39, 0.29) is 5.56 Å². The Morgan fingerprint density at radius 2 is 1.83 bits per heavy atom. The van der Waals surface area contributed by atoms with E-state index in [9.17, 15) is 23.6 Å². The van der Waals surface area contributed by atoms with Gasteiger partial charge in [0.15, 0.2) is 0 Å². The van der Waals surface area contributed by atoms with Crippen molar-refractivity contribution in [2.24, 2.45) is 0 Å². The van der Waals surface area contributed by atoms with Crippen LogP contribution in [-0.4, -0.2) is 29.9 Å². The smallest absolute Gasteiger partial charge is 0.415 e. The number of anilines is 2. The van der Waals surface area contributed by atoms with Gasteiger partial charge in [-0.2, -0.15) is 0 Å². The van der Waals surface area contributed by atoms with Gasteiger partial charge >= 0.3 is 6.09 Å². The van der Waals surface area contributed by atoms with E-state index < -0.39 is 35.4 Å². The van der Waals surface area contributed by atoms with Crippen LogP contribution in [0.3, 0.4) is 0 Å². The molecule has 1 aliphatic heterocycles. The summed E-state index contributed by atoms with van der Waals surface area (Å²) in [6.07, 6.45) is -1.88. The molecule has 0 radical (unpaired) electrons. The fraction of sp³-hybridized carbons (Fsp3) is 0.100. The summed E-state index contributed by atoms with van der Waals surface area (Å²) in [4.78, 5) is 50.3. The number of alkyl carbamates (subject to hydrolysis) is 1. The predicted octanol–water partition coefficient (Wildman–Crippen LogP) is 2.27. The van der Waals surface area contributed by atoms with Crippen LogP contribution in [0.15, 0.2) is 47.3 Å². The molecule has 3 aromatic rings. The van der Waals surface area contributed by atoms with Crippen molar-refractivity contribution in [3.63, 3.8) is 0 Å². The van der Waals surface area contributed by atoms with Gasteiger partial charge in [-0.1, -0.05) is 12.1 Å². The zero-order valence-electron chi connectivity index (χ0n) is 15.5. The van der Waals surface area contributed by atoms with Crippen LogP contribution in [0.1, 0.15) is 22.0 Å². The highest BCUT2D eigenvalue weighted by molar-refractivity contribution is 6.06.